The van der Waals surface area contributed by atoms with Crippen molar-refractivity contribution in [1.82, 2.24) is 5.32 Å². The molecule has 0 saturated carbocycles. The molecule has 0 radical (unpaired) electrons. The number of carbonyl (C=O) groups excluding carboxylic acids is 2. The van der Waals surface area contributed by atoms with E-state index in [2.05, 4.69) is 55.6 Å². The Morgan fingerprint density at radius 1 is 0.431 bits per heavy atom. The van der Waals surface area contributed by atoms with Crippen molar-refractivity contribution in [3.8, 4) is 0 Å². The Bertz CT molecular complexity index is 1060. The van der Waals surface area contributed by atoms with E-state index in [1.165, 1.54) is 186 Å². The van der Waals surface area contributed by atoms with E-state index in [1.54, 1.807) is 0 Å². The van der Waals surface area contributed by atoms with Gasteiger partial charge < -0.3 is 20.3 Å². The predicted octanol–water partition coefficient (Wildman–Crippen LogP) is 17.6. The first-order valence-corrected chi connectivity index (χ1v) is 28.7. The topological polar surface area (TPSA) is 95.9 Å². The molecule has 0 heterocycles. The Hall–Kier alpha value is -1.92. The summed E-state index contributed by atoms with van der Waals surface area (Å²) in [5.41, 5.74) is 0. The van der Waals surface area contributed by atoms with Gasteiger partial charge in [0.1, 0.15) is 0 Å². The molecule has 0 aliphatic rings. The fourth-order valence-corrected chi connectivity index (χ4v) is 8.72. The maximum atomic E-state index is 12.5. The lowest BCUT2D eigenvalue weighted by atomic mass is 10.0. The highest BCUT2D eigenvalue weighted by Gasteiger charge is 2.20. The summed E-state index contributed by atoms with van der Waals surface area (Å²) in [4.78, 5) is 24.5. The van der Waals surface area contributed by atoms with Gasteiger partial charge in [-0.25, -0.2) is 0 Å². The molecule has 0 fully saturated rings. The Balaban J connectivity index is 3.50. The van der Waals surface area contributed by atoms with Crippen molar-refractivity contribution in [2.75, 3.05) is 13.2 Å². The van der Waals surface area contributed by atoms with Crippen molar-refractivity contribution < 1.29 is 24.5 Å². The summed E-state index contributed by atoms with van der Waals surface area (Å²) < 4.78 is 5.45. The number of rotatable bonds is 53. The van der Waals surface area contributed by atoms with Gasteiger partial charge in [0.05, 0.1) is 25.4 Å². The van der Waals surface area contributed by atoms with E-state index in [0.29, 0.717) is 25.9 Å². The maximum absolute atomic E-state index is 12.5. The monoisotopic (exact) mass is 914 g/mol. The molecule has 0 aromatic heterocycles. The minimum absolute atomic E-state index is 0.0263. The van der Waals surface area contributed by atoms with E-state index < -0.39 is 12.1 Å². The lowest BCUT2D eigenvalue weighted by Crippen LogP contribution is -2.45. The smallest absolute Gasteiger partial charge is 0.305 e. The predicted molar refractivity (Wildman–Crippen MR) is 283 cm³/mol. The molecule has 0 bridgehead atoms. The second-order valence-electron chi connectivity index (χ2n) is 19.6. The quantitative estimate of drug-likeness (QED) is 0.0321. The molecule has 3 N–H and O–H groups in total. The third-order valence-corrected chi connectivity index (χ3v) is 13.2. The van der Waals surface area contributed by atoms with Crippen LogP contribution in [0.4, 0.5) is 0 Å². The standard InChI is InChI=1S/C59H111NO5/c1-3-5-7-9-11-13-15-17-19-20-21-22-23-25-27-31-35-39-43-47-51-57(62)56(55-61)60-58(63)52-48-44-40-36-32-28-26-30-34-38-42-46-50-54-65-59(64)53-49-45-41-37-33-29-24-18-16-14-12-10-8-6-4-2/h12,14,18,24,28,32,56-57,61-62H,3-11,13,15-17,19-23,25-27,29-31,33-55H2,1-2H3,(H,60,63)/b14-12-,24-18-,32-28-. The van der Waals surface area contributed by atoms with Crippen LogP contribution in [0.3, 0.4) is 0 Å². The molecule has 1 amide bonds. The van der Waals surface area contributed by atoms with Gasteiger partial charge in [0.25, 0.3) is 0 Å². The van der Waals surface area contributed by atoms with E-state index in [9.17, 15) is 19.8 Å². The molecule has 0 spiro atoms. The first-order valence-electron chi connectivity index (χ1n) is 28.7. The van der Waals surface area contributed by atoms with Crippen LogP contribution in [-0.2, 0) is 14.3 Å². The molecule has 0 aromatic carbocycles. The first-order chi connectivity index (χ1) is 32.0. The average molecular weight is 915 g/mol. The zero-order chi connectivity index (χ0) is 47.2. The highest BCUT2D eigenvalue weighted by molar-refractivity contribution is 5.76. The number of aliphatic hydroxyl groups is 2. The second-order valence-corrected chi connectivity index (χ2v) is 19.6. The summed E-state index contributed by atoms with van der Waals surface area (Å²) in [5, 5.41) is 23.3. The molecule has 6 nitrogen and oxygen atoms in total. The van der Waals surface area contributed by atoms with Crippen molar-refractivity contribution in [3.63, 3.8) is 0 Å². The molecule has 0 aliphatic heterocycles. The Morgan fingerprint density at radius 3 is 1.23 bits per heavy atom. The van der Waals surface area contributed by atoms with Gasteiger partial charge in [-0.15, -0.1) is 0 Å². The molecule has 0 rings (SSSR count). The number of esters is 1. The Kier molecular flexibility index (Phi) is 53.1. The first kappa shape index (κ1) is 63.1. The zero-order valence-electron chi connectivity index (χ0n) is 43.5. The Morgan fingerprint density at radius 2 is 0.769 bits per heavy atom. The molecule has 0 saturated heterocycles. The molecule has 65 heavy (non-hydrogen) atoms. The van der Waals surface area contributed by atoms with Crippen LogP contribution in [0.15, 0.2) is 36.5 Å². The minimum atomic E-state index is -0.683. The van der Waals surface area contributed by atoms with E-state index in [4.69, 9.17) is 4.74 Å². The van der Waals surface area contributed by atoms with E-state index in [0.717, 1.165) is 83.5 Å². The molecular formula is C59H111NO5. The molecule has 382 valence electrons. The molecule has 0 aromatic rings. The molecule has 2 atom stereocenters. The van der Waals surface area contributed by atoms with Crippen LogP contribution in [0, 0.1) is 0 Å². The summed E-state index contributed by atoms with van der Waals surface area (Å²) in [6, 6.07) is -0.564. The Labute approximate surface area is 404 Å². The fraction of sp³-hybridized carbons (Fsp3) is 0.864. The largest absolute Gasteiger partial charge is 0.466 e. The van der Waals surface area contributed by atoms with Gasteiger partial charge in [-0.1, -0.05) is 243 Å². The zero-order valence-corrected chi connectivity index (χ0v) is 43.5. The van der Waals surface area contributed by atoms with Crippen molar-refractivity contribution in [2.45, 2.75) is 315 Å². The van der Waals surface area contributed by atoms with Crippen LogP contribution in [0.5, 0.6) is 0 Å². The third-order valence-electron chi connectivity index (χ3n) is 13.2. The van der Waals surface area contributed by atoms with Crippen LogP contribution in [0.25, 0.3) is 0 Å². The maximum Gasteiger partial charge on any atom is 0.305 e. The molecule has 0 aliphatic carbocycles. The van der Waals surface area contributed by atoms with Crippen LogP contribution < -0.4 is 5.32 Å². The summed E-state index contributed by atoms with van der Waals surface area (Å²) >= 11 is 0. The van der Waals surface area contributed by atoms with Crippen molar-refractivity contribution >= 4 is 11.9 Å². The van der Waals surface area contributed by atoms with E-state index in [1.807, 2.05) is 0 Å². The highest BCUT2D eigenvalue weighted by Crippen LogP contribution is 2.17. The number of amides is 1. The normalized spacial score (nSPS) is 12.9. The molecule has 6 heteroatoms. The van der Waals surface area contributed by atoms with Crippen LogP contribution in [0.2, 0.25) is 0 Å². The number of hydrogen-bond donors (Lipinski definition) is 3. The third kappa shape index (κ3) is 51.3. The summed E-state index contributed by atoms with van der Waals surface area (Å²) in [7, 11) is 0. The molecular weight excluding hydrogens is 803 g/mol. The number of allylic oxidation sites excluding steroid dienone is 6. The number of hydrogen-bond acceptors (Lipinski definition) is 5. The van der Waals surface area contributed by atoms with Crippen molar-refractivity contribution in [3.05, 3.63) is 36.5 Å². The van der Waals surface area contributed by atoms with Gasteiger partial charge >= 0.3 is 5.97 Å². The lowest BCUT2D eigenvalue weighted by molar-refractivity contribution is -0.143. The van der Waals surface area contributed by atoms with Gasteiger partial charge in [0.15, 0.2) is 0 Å². The fourth-order valence-electron chi connectivity index (χ4n) is 8.72. The van der Waals surface area contributed by atoms with Crippen LogP contribution in [-0.4, -0.2) is 47.4 Å². The lowest BCUT2D eigenvalue weighted by Gasteiger charge is -2.22. The summed E-state index contributed by atoms with van der Waals surface area (Å²) in [6.07, 6.45) is 67.0. The van der Waals surface area contributed by atoms with Crippen LogP contribution >= 0.6 is 0 Å². The number of unbranched alkanes of at least 4 members (excludes halogenated alkanes) is 36. The van der Waals surface area contributed by atoms with Gasteiger partial charge in [-0.2, -0.15) is 0 Å². The number of aliphatic hydroxyl groups excluding tert-OH is 2. The van der Waals surface area contributed by atoms with Crippen LogP contribution in [0.1, 0.15) is 303 Å². The van der Waals surface area contributed by atoms with Crippen molar-refractivity contribution in [1.29, 1.82) is 0 Å². The van der Waals surface area contributed by atoms with Gasteiger partial charge in [0, 0.05) is 12.8 Å². The number of ether oxygens (including phenoxy) is 1. The number of nitrogens with one attached hydrogen (secondary N) is 1. The average Bonchev–Trinajstić information content (AvgIpc) is 3.31. The highest BCUT2D eigenvalue weighted by atomic mass is 16.5. The molecule has 2 unspecified atom stereocenters. The van der Waals surface area contributed by atoms with Crippen molar-refractivity contribution in [2.24, 2.45) is 0 Å². The minimum Gasteiger partial charge on any atom is -0.466 e. The summed E-state index contributed by atoms with van der Waals surface area (Å²) in [6.45, 7) is 4.89. The SMILES string of the molecule is CCCCC/C=C\C/C=C\CCCCCCCC(=O)OCCCCCCCC/C=C\CCCCCC(=O)NC(CO)C(O)CCCCCCCCCCCCCCCCCCCCCC. The van der Waals surface area contributed by atoms with Gasteiger partial charge in [-0.3, -0.25) is 9.59 Å². The van der Waals surface area contributed by atoms with Gasteiger partial charge in [0.2, 0.25) is 5.91 Å². The second kappa shape index (κ2) is 54.7. The van der Waals surface area contributed by atoms with Gasteiger partial charge in [-0.05, 0) is 83.5 Å². The summed E-state index contributed by atoms with van der Waals surface area (Å²) in [5.74, 6) is -0.0903. The van der Waals surface area contributed by atoms with E-state index in [-0.39, 0.29) is 18.5 Å². The van der Waals surface area contributed by atoms with E-state index >= 15 is 0 Å². The number of carbonyl (C=O) groups is 2.